The van der Waals surface area contributed by atoms with E-state index in [2.05, 4.69) is 37.9 Å². The maximum atomic E-state index is 11.3. The fourth-order valence-corrected chi connectivity index (χ4v) is 2.16. The Hall–Kier alpha value is -1.26. The number of nitrogens with one attached hydrogen (secondary N) is 1. The zero-order chi connectivity index (χ0) is 15.2. The fraction of sp³-hybridized carbons (Fsp3) is 0.867. The van der Waals surface area contributed by atoms with Gasteiger partial charge in [0.15, 0.2) is 5.96 Å². The van der Waals surface area contributed by atoms with Crippen LogP contribution >= 0.6 is 0 Å². The number of carbonyl (C=O) groups excluding carboxylic acids is 1. The van der Waals surface area contributed by atoms with Crippen LogP contribution in [0.3, 0.4) is 0 Å². The monoisotopic (exact) mass is 282 g/mol. The SMILES string of the molecule is CCNC(=NCCC(C)(C)C)N1CCN(C(C)=O)CC1. The summed E-state index contributed by atoms with van der Waals surface area (Å²) >= 11 is 0. The molecule has 1 aliphatic heterocycles. The summed E-state index contributed by atoms with van der Waals surface area (Å²) < 4.78 is 0. The van der Waals surface area contributed by atoms with Crippen molar-refractivity contribution in [2.75, 3.05) is 39.3 Å². The minimum absolute atomic E-state index is 0.166. The summed E-state index contributed by atoms with van der Waals surface area (Å²) in [6, 6.07) is 0. The minimum Gasteiger partial charge on any atom is -0.357 e. The summed E-state index contributed by atoms with van der Waals surface area (Å²) in [6.07, 6.45) is 1.08. The minimum atomic E-state index is 0.166. The highest BCUT2D eigenvalue weighted by Crippen LogP contribution is 2.18. The van der Waals surface area contributed by atoms with Gasteiger partial charge < -0.3 is 15.1 Å². The molecule has 5 heteroatoms. The van der Waals surface area contributed by atoms with Crippen molar-refractivity contribution in [1.82, 2.24) is 15.1 Å². The van der Waals surface area contributed by atoms with Gasteiger partial charge in [0.2, 0.25) is 5.91 Å². The molecule has 20 heavy (non-hydrogen) atoms. The Bertz CT molecular complexity index is 338. The summed E-state index contributed by atoms with van der Waals surface area (Å²) in [5.74, 6) is 1.15. The third kappa shape index (κ3) is 5.80. The number of aliphatic imine (C=N–C) groups is 1. The zero-order valence-electron chi connectivity index (χ0n) is 13.7. The van der Waals surface area contributed by atoms with Gasteiger partial charge in [-0.05, 0) is 18.8 Å². The lowest BCUT2D eigenvalue weighted by Gasteiger charge is -2.36. The van der Waals surface area contributed by atoms with E-state index in [0.29, 0.717) is 5.41 Å². The van der Waals surface area contributed by atoms with Crippen molar-refractivity contribution in [2.24, 2.45) is 10.4 Å². The lowest BCUT2D eigenvalue weighted by molar-refractivity contribution is -0.130. The van der Waals surface area contributed by atoms with E-state index in [1.165, 1.54) is 0 Å². The number of rotatable bonds is 3. The normalized spacial score (nSPS) is 17.4. The molecular weight excluding hydrogens is 252 g/mol. The highest BCUT2D eigenvalue weighted by atomic mass is 16.2. The number of hydrogen-bond donors (Lipinski definition) is 1. The Morgan fingerprint density at radius 2 is 1.70 bits per heavy atom. The molecule has 1 heterocycles. The third-order valence-electron chi connectivity index (χ3n) is 3.48. The van der Waals surface area contributed by atoms with Crippen LogP contribution in [0.25, 0.3) is 0 Å². The molecule has 5 nitrogen and oxygen atoms in total. The fourth-order valence-electron chi connectivity index (χ4n) is 2.16. The van der Waals surface area contributed by atoms with E-state index in [1.54, 1.807) is 6.92 Å². The van der Waals surface area contributed by atoms with Crippen molar-refractivity contribution >= 4 is 11.9 Å². The predicted octanol–water partition coefficient (Wildman–Crippen LogP) is 1.55. The van der Waals surface area contributed by atoms with Crippen LogP contribution in [0.1, 0.15) is 41.0 Å². The van der Waals surface area contributed by atoms with Crippen molar-refractivity contribution in [1.29, 1.82) is 0 Å². The van der Waals surface area contributed by atoms with Crippen LogP contribution in [-0.4, -0.2) is 60.9 Å². The lowest BCUT2D eigenvalue weighted by atomic mass is 9.92. The van der Waals surface area contributed by atoms with Gasteiger partial charge in [0, 0.05) is 46.2 Å². The molecule has 0 radical (unpaired) electrons. The number of amides is 1. The van der Waals surface area contributed by atoms with Crippen LogP contribution in [-0.2, 0) is 4.79 Å². The zero-order valence-corrected chi connectivity index (χ0v) is 13.7. The third-order valence-corrected chi connectivity index (χ3v) is 3.48. The molecule has 116 valence electrons. The highest BCUT2D eigenvalue weighted by Gasteiger charge is 2.20. The van der Waals surface area contributed by atoms with Gasteiger partial charge in [-0.3, -0.25) is 9.79 Å². The smallest absolute Gasteiger partial charge is 0.219 e. The molecule has 1 rings (SSSR count). The van der Waals surface area contributed by atoms with Crippen LogP contribution in [0.2, 0.25) is 0 Å². The summed E-state index contributed by atoms with van der Waals surface area (Å²) in [5.41, 5.74) is 0.314. The Labute approximate surface area is 123 Å². The van der Waals surface area contributed by atoms with E-state index in [9.17, 15) is 4.79 Å². The predicted molar refractivity (Wildman–Crippen MR) is 83.9 cm³/mol. The molecule has 0 saturated carbocycles. The van der Waals surface area contributed by atoms with Gasteiger partial charge >= 0.3 is 0 Å². The largest absolute Gasteiger partial charge is 0.357 e. The summed E-state index contributed by atoms with van der Waals surface area (Å²) in [5, 5.41) is 3.36. The maximum absolute atomic E-state index is 11.3. The molecule has 1 aliphatic rings. The molecule has 0 atom stereocenters. The van der Waals surface area contributed by atoms with E-state index in [0.717, 1.165) is 51.6 Å². The van der Waals surface area contributed by atoms with E-state index in [4.69, 9.17) is 4.99 Å². The molecule has 0 unspecified atom stereocenters. The first-order valence-electron chi connectivity index (χ1n) is 7.62. The second-order valence-electron chi connectivity index (χ2n) is 6.54. The molecular formula is C15H30N4O. The Morgan fingerprint density at radius 1 is 1.15 bits per heavy atom. The van der Waals surface area contributed by atoms with Gasteiger partial charge in [-0.25, -0.2) is 0 Å². The molecule has 1 N–H and O–H groups in total. The maximum Gasteiger partial charge on any atom is 0.219 e. The highest BCUT2D eigenvalue weighted by molar-refractivity contribution is 5.80. The van der Waals surface area contributed by atoms with Crippen molar-refractivity contribution < 1.29 is 4.79 Å². The number of guanidine groups is 1. The first kappa shape index (κ1) is 16.8. The molecule has 0 spiro atoms. The van der Waals surface area contributed by atoms with Gasteiger partial charge in [0.25, 0.3) is 0 Å². The van der Waals surface area contributed by atoms with Crippen LogP contribution < -0.4 is 5.32 Å². The van der Waals surface area contributed by atoms with Gasteiger partial charge in [0.05, 0.1) is 0 Å². The Balaban J connectivity index is 2.54. The molecule has 0 bridgehead atoms. The van der Waals surface area contributed by atoms with Crippen molar-refractivity contribution in [2.45, 2.75) is 41.0 Å². The molecule has 0 aliphatic carbocycles. The molecule has 0 aromatic heterocycles. The quantitative estimate of drug-likeness (QED) is 0.631. The van der Waals surface area contributed by atoms with Crippen molar-refractivity contribution in [3.8, 4) is 0 Å². The molecule has 1 saturated heterocycles. The average Bonchev–Trinajstić information content (AvgIpc) is 2.36. The topological polar surface area (TPSA) is 47.9 Å². The average molecular weight is 282 g/mol. The summed E-state index contributed by atoms with van der Waals surface area (Å²) in [4.78, 5) is 20.2. The van der Waals surface area contributed by atoms with Crippen LogP contribution in [0.4, 0.5) is 0 Å². The summed E-state index contributed by atoms with van der Waals surface area (Å²) in [7, 11) is 0. The number of carbonyl (C=O) groups is 1. The number of nitrogens with zero attached hydrogens (tertiary/aromatic N) is 3. The Kier molecular flexibility index (Phi) is 6.30. The number of piperazine rings is 1. The van der Waals surface area contributed by atoms with Gasteiger partial charge in [-0.2, -0.15) is 0 Å². The van der Waals surface area contributed by atoms with Crippen LogP contribution in [0.5, 0.6) is 0 Å². The van der Waals surface area contributed by atoms with E-state index < -0.39 is 0 Å². The molecule has 1 fully saturated rings. The van der Waals surface area contributed by atoms with Gasteiger partial charge in [-0.1, -0.05) is 20.8 Å². The van der Waals surface area contributed by atoms with Crippen molar-refractivity contribution in [3.63, 3.8) is 0 Å². The van der Waals surface area contributed by atoms with E-state index in [-0.39, 0.29) is 5.91 Å². The summed E-state index contributed by atoms with van der Waals surface area (Å²) in [6.45, 7) is 15.5. The van der Waals surface area contributed by atoms with Crippen molar-refractivity contribution in [3.05, 3.63) is 0 Å². The second kappa shape index (κ2) is 7.50. The van der Waals surface area contributed by atoms with E-state index >= 15 is 0 Å². The molecule has 1 amide bonds. The number of hydrogen-bond acceptors (Lipinski definition) is 2. The standard InChI is InChI=1S/C15H30N4O/c1-6-16-14(17-8-7-15(3,4)5)19-11-9-18(10-12-19)13(2)20/h6-12H2,1-5H3,(H,16,17). The van der Waals surface area contributed by atoms with Crippen LogP contribution in [0.15, 0.2) is 4.99 Å². The van der Waals surface area contributed by atoms with Gasteiger partial charge in [-0.15, -0.1) is 0 Å². The first-order valence-corrected chi connectivity index (χ1v) is 7.62. The van der Waals surface area contributed by atoms with E-state index in [1.807, 2.05) is 4.90 Å². The van der Waals surface area contributed by atoms with Crippen LogP contribution in [0, 0.1) is 5.41 Å². The lowest BCUT2D eigenvalue weighted by Crippen LogP contribution is -2.53. The Morgan fingerprint density at radius 3 is 2.15 bits per heavy atom. The first-order chi connectivity index (χ1) is 9.33. The molecule has 0 aromatic carbocycles. The van der Waals surface area contributed by atoms with Gasteiger partial charge in [0.1, 0.15) is 0 Å². The molecule has 0 aromatic rings. The second-order valence-corrected chi connectivity index (χ2v) is 6.54.